The van der Waals surface area contributed by atoms with Gasteiger partial charge in [0.15, 0.2) is 5.82 Å². The van der Waals surface area contributed by atoms with Crippen LogP contribution in [-0.2, 0) is 13.0 Å². The molecule has 0 bridgehead atoms. The summed E-state index contributed by atoms with van der Waals surface area (Å²) in [6, 6.07) is 4.46. The summed E-state index contributed by atoms with van der Waals surface area (Å²) in [7, 11) is 0. The average molecular weight is 298 g/mol. The molecule has 3 rings (SSSR count). The Morgan fingerprint density at radius 1 is 1.29 bits per heavy atom. The summed E-state index contributed by atoms with van der Waals surface area (Å²) in [4.78, 5) is 0. The molecular weight excluding hydrogens is 285 g/mol. The number of anilines is 1. The molecule has 112 valence electrons. The normalized spacial score (nSPS) is 18.5. The Bertz CT molecular complexity index is 681. The second-order valence-electron chi connectivity index (χ2n) is 5.10. The fourth-order valence-corrected chi connectivity index (χ4v) is 2.49. The summed E-state index contributed by atoms with van der Waals surface area (Å²) in [5.74, 6) is -0.689. The maximum absolute atomic E-state index is 12.9. The van der Waals surface area contributed by atoms with Crippen LogP contribution in [-0.4, -0.2) is 26.0 Å². The quantitative estimate of drug-likeness (QED) is 0.626. The summed E-state index contributed by atoms with van der Waals surface area (Å²) < 4.78 is 40.1. The Morgan fingerprint density at radius 2 is 2.05 bits per heavy atom. The van der Waals surface area contributed by atoms with Gasteiger partial charge < -0.3 is 15.4 Å². The van der Waals surface area contributed by atoms with Crippen molar-refractivity contribution in [2.24, 2.45) is 5.92 Å². The van der Waals surface area contributed by atoms with Crippen molar-refractivity contribution in [2.75, 3.05) is 5.73 Å². The number of aryl methyl sites for hydroxylation is 1. The van der Waals surface area contributed by atoms with Crippen molar-refractivity contribution in [1.29, 1.82) is 0 Å². The van der Waals surface area contributed by atoms with Crippen LogP contribution < -0.4 is 5.73 Å². The molecule has 0 amide bonds. The van der Waals surface area contributed by atoms with Gasteiger partial charge in [0.1, 0.15) is 11.6 Å². The number of nitrogens with zero attached hydrogens (tertiary/aromatic N) is 3. The van der Waals surface area contributed by atoms with Gasteiger partial charge in [0.25, 0.3) is 0 Å². The maximum atomic E-state index is 12.9. The molecule has 3 N–H and O–H groups in total. The van der Waals surface area contributed by atoms with E-state index in [2.05, 4.69) is 10.2 Å². The Labute approximate surface area is 118 Å². The van der Waals surface area contributed by atoms with Gasteiger partial charge in [0.05, 0.1) is 11.6 Å². The molecule has 21 heavy (non-hydrogen) atoms. The van der Waals surface area contributed by atoms with E-state index in [4.69, 9.17) is 5.73 Å². The fraction of sp³-hybridized carbons (Fsp3) is 0.385. The zero-order valence-corrected chi connectivity index (χ0v) is 10.9. The molecule has 1 aromatic heterocycles. The van der Waals surface area contributed by atoms with Crippen LogP contribution >= 0.6 is 0 Å². The molecule has 8 heteroatoms. The van der Waals surface area contributed by atoms with Gasteiger partial charge in [-0.2, -0.15) is 13.2 Å². The highest BCUT2D eigenvalue weighted by atomic mass is 19.4. The molecular formula is C13H13F3N4O. The summed E-state index contributed by atoms with van der Waals surface area (Å²) in [6.45, 7) is -0.202. The second-order valence-corrected chi connectivity index (χ2v) is 5.10. The number of phenolic OH excluding ortho intramolecular Hbond substituents is 1. The van der Waals surface area contributed by atoms with Gasteiger partial charge in [0.2, 0.25) is 0 Å². The molecule has 0 saturated carbocycles. The van der Waals surface area contributed by atoms with Crippen LogP contribution in [0.2, 0.25) is 0 Å². The van der Waals surface area contributed by atoms with Crippen molar-refractivity contribution in [3.63, 3.8) is 0 Å². The highest BCUT2D eigenvalue weighted by Gasteiger charge is 2.42. The molecule has 1 aliphatic rings. The number of halogens is 3. The van der Waals surface area contributed by atoms with Gasteiger partial charge in [-0.3, -0.25) is 0 Å². The van der Waals surface area contributed by atoms with Gasteiger partial charge in [-0.15, -0.1) is 10.2 Å². The monoisotopic (exact) mass is 298 g/mol. The number of benzene rings is 1. The zero-order chi connectivity index (χ0) is 15.2. The van der Waals surface area contributed by atoms with Crippen LogP contribution in [0.5, 0.6) is 5.75 Å². The van der Waals surface area contributed by atoms with Gasteiger partial charge >= 0.3 is 6.18 Å². The number of phenols is 1. The number of aromatic nitrogens is 3. The van der Waals surface area contributed by atoms with Crippen molar-refractivity contribution in [3.8, 4) is 17.1 Å². The minimum atomic E-state index is -4.23. The lowest BCUT2D eigenvalue weighted by Crippen LogP contribution is -2.32. The van der Waals surface area contributed by atoms with E-state index in [9.17, 15) is 18.3 Å². The molecule has 0 spiro atoms. The van der Waals surface area contributed by atoms with Crippen molar-refractivity contribution < 1.29 is 18.3 Å². The Morgan fingerprint density at radius 3 is 2.71 bits per heavy atom. The first-order chi connectivity index (χ1) is 9.86. The van der Waals surface area contributed by atoms with Crippen LogP contribution in [0.4, 0.5) is 18.9 Å². The van der Waals surface area contributed by atoms with Crippen LogP contribution in [0.15, 0.2) is 18.2 Å². The lowest BCUT2D eigenvalue weighted by Gasteiger charge is -2.26. The first kappa shape index (κ1) is 13.7. The number of hydrogen-bond donors (Lipinski definition) is 2. The number of aromatic hydroxyl groups is 1. The highest BCUT2D eigenvalue weighted by Crippen LogP contribution is 2.36. The van der Waals surface area contributed by atoms with Crippen molar-refractivity contribution in [1.82, 2.24) is 14.8 Å². The summed E-state index contributed by atoms with van der Waals surface area (Å²) in [5.41, 5.74) is 6.21. The first-order valence-corrected chi connectivity index (χ1v) is 6.44. The highest BCUT2D eigenvalue weighted by molar-refractivity contribution is 5.65. The Hall–Kier alpha value is -2.25. The van der Waals surface area contributed by atoms with Gasteiger partial charge in [-0.25, -0.2) is 0 Å². The molecule has 0 aliphatic carbocycles. The van der Waals surface area contributed by atoms with Crippen molar-refractivity contribution in [2.45, 2.75) is 25.6 Å². The summed E-state index contributed by atoms with van der Waals surface area (Å²) in [5, 5.41) is 17.5. The SMILES string of the molecule is Nc1ccc(-c2nnc3n2CC(C(F)(F)F)CC3)cc1O. The van der Waals surface area contributed by atoms with E-state index in [0.29, 0.717) is 17.2 Å². The minimum absolute atomic E-state index is 0.0224. The second kappa shape index (κ2) is 4.64. The fourth-order valence-electron chi connectivity index (χ4n) is 2.49. The van der Waals surface area contributed by atoms with Crippen molar-refractivity contribution in [3.05, 3.63) is 24.0 Å². The molecule has 2 aromatic rings. The molecule has 5 nitrogen and oxygen atoms in total. The number of alkyl halides is 3. The number of hydrogen-bond acceptors (Lipinski definition) is 4. The van der Waals surface area contributed by atoms with E-state index in [0.717, 1.165) is 0 Å². The van der Waals surface area contributed by atoms with Crippen LogP contribution in [0.1, 0.15) is 12.2 Å². The third kappa shape index (κ3) is 2.41. The Kier molecular flexibility index (Phi) is 3.03. The van der Waals surface area contributed by atoms with Crippen molar-refractivity contribution >= 4 is 5.69 Å². The summed E-state index contributed by atoms with van der Waals surface area (Å²) >= 11 is 0. The van der Waals surface area contributed by atoms with E-state index >= 15 is 0 Å². The minimum Gasteiger partial charge on any atom is -0.506 e. The molecule has 0 saturated heterocycles. The third-order valence-corrected chi connectivity index (χ3v) is 3.70. The van der Waals surface area contributed by atoms with Gasteiger partial charge in [-0.05, 0) is 24.6 Å². The number of fused-ring (bicyclic) bond motifs is 1. The predicted octanol–water partition coefficient (Wildman–Crippen LogP) is 2.36. The molecule has 0 radical (unpaired) electrons. The molecule has 1 atom stereocenters. The number of nitrogens with two attached hydrogens (primary N) is 1. The van der Waals surface area contributed by atoms with E-state index < -0.39 is 12.1 Å². The molecule has 1 aromatic carbocycles. The zero-order valence-electron chi connectivity index (χ0n) is 10.9. The lowest BCUT2D eigenvalue weighted by molar-refractivity contribution is -0.182. The molecule has 0 fully saturated rings. The van der Waals surface area contributed by atoms with Crippen LogP contribution in [0.25, 0.3) is 11.4 Å². The number of rotatable bonds is 1. The van der Waals surface area contributed by atoms with E-state index in [-0.39, 0.29) is 30.8 Å². The average Bonchev–Trinajstić information content (AvgIpc) is 2.84. The smallest absolute Gasteiger partial charge is 0.393 e. The first-order valence-electron chi connectivity index (χ1n) is 6.44. The summed E-state index contributed by atoms with van der Waals surface area (Å²) in [6.07, 6.45) is -3.98. The topological polar surface area (TPSA) is 77.0 Å². The predicted molar refractivity (Wildman–Crippen MR) is 69.4 cm³/mol. The maximum Gasteiger partial charge on any atom is 0.393 e. The largest absolute Gasteiger partial charge is 0.506 e. The van der Waals surface area contributed by atoms with Gasteiger partial charge in [-0.1, -0.05) is 0 Å². The molecule has 1 unspecified atom stereocenters. The van der Waals surface area contributed by atoms with E-state index in [1.54, 1.807) is 6.07 Å². The Balaban J connectivity index is 2.00. The van der Waals surface area contributed by atoms with Gasteiger partial charge in [0, 0.05) is 18.5 Å². The van der Waals surface area contributed by atoms with E-state index in [1.165, 1.54) is 16.7 Å². The standard InChI is InChI=1S/C13H13F3N4O/c14-13(15,16)8-2-4-11-18-19-12(20(11)6-8)7-1-3-9(17)10(21)5-7/h1,3,5,8,21H,2,4,6,17H2. The number of nitrogen functional groups attached to an aromatic ring is 1. The molecule has 1 aliphatic heterocycles. The van der Waals surface area contributed by atoms with Crippen LogP contribution in [0, 0.1) is 5.92 Å². The third-order valence-electron chi connectivity index (χ3n) is 3.70. The molecule has 2 heterocycles. The lowest BCUT2D eigenvalue weighted by atomic mass is 9.98. The van der Waals surface area contributed by atoms with Crippen LogP contribution in [0.3, 0.4) is 0 Å². The van der Waals surface area contributed by atoms with E-state index in [1.807, 2.05) is 0 Å².